The predicted molar refractivity (Wildman–Crippen MR) is 61.6 cm³/mol. The van der Waals surface area contributed by atoms with Crippen LogP contribution in [0.4, 0.5) is 0 Å². The standard InChI is InChI=1S/C9H14IN3/c1-6-9(10)7(2)12-8(11-6)5-13(3)4/h5H2,1-4H3. The third-order valence-electron chi connectivity index (χ3n) is 1.69. The topological polar surface area (TPSA) is 29.0 Å². The minimum Gasteiger partial charge on any atom is -0.302 e. The van der Waals surface area contributed by atoms with Crippen molar-refractivity contribution in [3.63, 3.8) is 0 Å². The van der Waals surface area contributed by atoms with Crippen molar-refractivity contribution in [3.8, 4) is 0 Å². The summed E-state index contributed by atoms with van der Waals surface area (Å²) in [5.41, 5.74) is 2.15. The number of hydrogen-bond acceptors (Lipinski definition) is 3. The first-order chi connectivity index (χ1) is 6.00. The van der Waals surface area contributed by atoms with E-state index in [2.05, 4.69) is 37.5 Å². The lowest BCUT2D eigenvalue weighted by atomic mass is 10.3. The van der Waals surface area contributed by atoms with E-state index in [0.29, 0.717) is 0 Å². The summed E-state index contributed by atoms with van der Waals surface area (Å²) < 4.78 is 1.17. The fraction of sp³-hybridized carbons (Fsp3) is 0.556. The van der Waals surface area contributed by atoms with Crippen molar-refractivity contribution in [2.24, 2.45) is 0 Å². The summed E-state index contributed by atoms with van der Waals surface area (Å²) in [6.07, 6.45) is 0. The predicted octanol–water partition coefficient (Wildman–Crippen LogP) is 1.76. The molecule has 1 rings (SSSR count). The van der Waals surface area contributed by atoms with Crippen LogP contribution in [0.3, 0.4) is 0 Å². The zero-order valence-electron chi connectivity index (χ0n) is 8.43. The zero-order valence-corrected chi connectivity index (χ0v) is 10.6. The number of halogens is 1. The molecule has 0 aliphatic heterocycles. The van der Waals surface area contributed by atoms with Gasteiger partial charge in [0.25, 0.3) is 0 Å². The van der Waals surface area contributed by atoms with E-state index in [1.54, 1.807) is 0 Å². The van der Waals surface area contributed by atoms with Gasteiger partial charge in [-0.2, -0.15) is 0 Å². The maximum absolute atomic E-state index is 4.41. The van der Waals surface area contributed by atoms with Crippen LogP contribution in [0.15, 0.2) is 0 Å². The zero-order chi connectivity index (χ0) is 10.0. The van der Waals surface area contributed by atoms with Crippen molar-refractivity contribution < 1.29 is 0 Å². The summed E-state index contributed by atoms with van der Waals surface area (Å²) in [5.74, 6) is 0.903. The maximum atomic E-state index is 4.41. The van der Waals surface area contributed by atoms with E-state index in [1.807, 2.05) is 27.9 Å². The molecule has 1 aromatic rings. The highest BCUT2D eigenvalue weighted by molar-refractivity contribution is 14.1. The van der Waals surface area contributed by atoms with Crippen molar-refractivity contribution in [2.75, 3.05) is 14.1 Å². The molecular weight excluding hydrogens is 277 g/mol. The first kappa shape index (κ1) is 10.8. The summed E-state index contributed by atoms with van der Waals surface area (Å²) in [5, 5.41) is 0. The van der Waals surface area contributed by atoms with Gasteiger partial charge >= 0.3 is 0 Å². The lowest BCUT2D eigenvalue weighted by Gasteiger charge is -2.10. The highest BCUT2D eigenvalue weighted by atomic mass is 127. The molecule has 0 aliphatic rings. The Kier molecular flexibility index (Phi) is 3.61. The van der Waals surface area contributed by atoms with Crippen LogP contribution in [0.1, 0.15) is 17.2 Å². The fourth-order valence-electron chi connectivity index (χ4n) is 1.13. The molecule has 0 aliphatic carbocycles. The Hall–Kier alpha value is -0.230. The quantitative estimate of drug-likeness (QED) is 0.778. The van der Waals surface area contributed by atoms with Crippen LogP contribution in [0.2, 0.25) is 0 Å². The van der Waals surface area contributed by atoms with Crippen molar-refractivity contribution in [2.45, 2.75) is 20.4 Å². The molecule has 0 N–H and O–H groups in total. The van der Waals surface area contributed by atoms with Crippen molar-refractivity contribution in [3.05, 3.63) is 20.8 Å². The van der Waals surface area contributed by atoms with Crippen LogP contribution in [-0.2, 0) is 6.54 Å². The molecule has 4 heteroatoms. The van der Waals surface area contributed by atoms with E-state index >= 15 is 0 Å². The van der Waals surface area contributed by atoms with E-state index < -0.39 is 0 Å². The molecule has 0 fully saturated rings. The van der Waals surface area contributed by atoms with Gasteiger partial charge in [0.15, 0.2) is 0 Å². The van der Waals surface area contributed by atoms with Crippen LogP contribution in [-0.4, -0.2) is 29.0 Å². The van der Waals surface area contributed by atoms with Crippen LogP contribution in [0, 0.1) is 17.4 Å². The van der Waals surface area contributed by atoms with Gasteiger partial charge in [-0.15, -0.1) is 0 Å². The van der Waals surface area contributed by atoms with Gasteiger partial charge in [-0.25, -0.2) is 9.97 Å². The Balaban J connectivity index is 2.99. The van der Waals surface area contributed by atoms with Crippen molar-refractivity contribution in [1.82, 2.24) is 14.9 Å². The Morgan fingerprint density at radius 1 is 1.15 bits per heavy atom. The SMILES string of the molecule is Cc1nc(CN(C)C)nc(C)c1I. The van der Waals surface area contributed by atoms with Gasteiger partial charge in [0, 0.05) is 0 Å². The van der Waals surface area contributed by atoms with Gasteiger partial charge in [-0.05, 0) is 50.5 Å². The Morgan fingerprint density at radius 3 is 2.00 bits per heavy atom. The molecule has 0 saturated heterocycles. The van der Waals surface area contributed by atoms with Crippen LogP contribution in [0.25, 0.3) is 0 Å². The first-order valence-electron chi connectivity index (χ1n) is 4.15. The highest BCUT2D eigenvalue weighted by Gasteiger charge is 2.05. The van der Waals surface area contributed by atoms with Gasteiger partial charge in [0.1, 0.15) is 5.82 Å². The van der Waals surface area contributed by atoms with Crippen LogP contribution in [0.5, 0.6) is 0 Å². The first-order valence-corrected chi connectivity index (χ1v) is 5.23. The normalized spacial score (nSPS) is 10.9. The minimum absolute atomic E-state index is 0.804. The van der Waals surface area contributed by atoms with Gasteiger partial charge in [0.2, 0.25) is 0 Å². The molecule has 0 aromatic carbocycles. The lowest BCUT2D eigenvalue weighted by Crippen LogP contribution is -2.15. The second kappa shape index (κ2) is 4.32. The Labute approximate surface area is 92.7 Å². The Morgan fingerprint density at radius 2 is 1.62 bits per heavy atom. The van der Waals surface area contributed by atoms with Gasteiger partial charge in [-0.3, -0.25) is 0 Å². The fourth-order valence-corrected chi connectivity index (χ4v) is 1.37. The average Bonchev–Trinajstić information content (AvgIpc) is 1.98. The third-order valence-corrected chi connectivity index (χ3v) is 3.25. The number of rotatable bonds is 2. The van der Waals surface area contributed by atoms with Gasteiger partial charge in [0.05, 0.1) is 21.5 Å². The summed E-state index contributed by atoms with van der Waals surface area (Å²) in [6, 6.07) is 0. The van der Waals surface area contributed by atoms with E-state index in [4.69, 9.17) is 0 Å². The molecule has 0 spiro atoms. The largest absolute Gasteiger partial charge is 0.302 e. The molecule has 0 radical (unpaired) electrons. The smallest absolute Gasteiger partial charge is 0.142 e. The highest BCUT2D eigenvalue weighted by Crippen LogP contribution is 2.12. The molecule has 1 aromatic heterocycles. The van der Waals surface area contributed by atoms with Gasteiger partial charge < -0.3 is 4.90 Å². The molecule has 0 amide bonds. The summed E-state index contributed by atoms with van der Waals surface area (Å²) in [7, 11) is 4.04. The van der Waals surface area contributed by atoms with Crippen molar-refractivity contribution >= 4 is 22.6 Å². The molecule has 0 unspecified atom stereocenters. The molecule has 72 valence electrons. The van der Waals surface area contributed by atoms with E-state index in [-0.39, 0.29) is 0 Å². The van der Waals surface area contributed by atoms with Gasteiger partial charge in [-0.1, -0.05) is 0 Å². The minimum atomic E-state index is 0.804. The lowest BCUT2D eigenvalue weighted by molar-refractivity contribution is 0.389. The molecule has 0 atom stereocenters. The number of nitrogens with zero attached hydrogens (tertiary/aromatic N) is 3. The average molecular weight is 291 g/mol. The number of hydrogen-bond donors (Lipinski definition) is 0. The van der Waals surface area contributed by atoms with E-state index in [9.17, 15) is 0 Å². The molecular formula is C9H14IN3. The van der Waals surface area contributed by atoms with E-state index in [0.717, 1.165) is 23.8 Å². The second-order valence-electron chi connectivity index (χ2n) is 3.36. The number of aromatic nitrogens is 2. The third kappa shape index (κ3) is 2.87. The van der Waals surface area contributed by atoms with Crippen molar-refractivity contribution in [1.29, 1.82) is 0 Å². The molecule has 13 heavy (non-hydrogen) atoms. The van der Waals surface area contributed by atoms with Crippen LogP contribution < -0.4 is 0 Å². The summed E-state index contributed by atoms with van der Waals surface area (Å²) >= 11 is 2.28. The van der Waals surface area contributed by atoms with E-state index in [1.165, 1.54) is 3.57 Å². The maximum Gasteiger partial charge on any atom is 0.142 e. The molecule has 0 saturated carbocycles. The number of aryl methyl sites for hydroxylation is 2. The summed E-state index contributed by atoms with van der Waals surface area (Å²) in [6.45, 7) is 4.85. The second-order valence-corrected chi connectivity index (χ2v) is 4.44. The molecule has 3 nitrogen and oxygen atoms in total. The van der Waals surface area contributed by atoms with Crippen LogP contribution >= 0.6 is 22.6 Å². The molecule has 0 bridgehead atoms. The molecule has 1 heterocycles. The Bertz CT molecular complexity index is 287. The summed E-state index contributed by atoms with van der Waals surface area (Å²) in [4.78, 5) is 10.9. The monoisotopic (exact) mass is 291 g/mol.